The topological polar surface area (TPSA) is 135 Å². The van der Waals surface area contributed by atoms with Crippen LogP contribution in [0.25, 0.3) is 0 Å². The monoisotopic (exact) mass is 393 g/mol. The van der Waals surface area contributed by atoms with Crippen LogP contribution in [-0.4, -0.2) is 37.6 Å². The second-order valence-electron chi connectivity index (χ2n) is 5.58. The summed E-state index contributed by atoms with van der Waals surface area (Å²) in [7, 11) is -4.02. The number of benzene rings is 2. The number of rotatable bonds is 7. The second-order valence-corrected chi connectivity index (χ2v) is 7.64. The van der Waals surface area contributed by atoms with Gasteiger partial charge >= 0.3 is 0 Å². The number of anilines is 2. The van der Waals surface area contributed by atoms with Gasteiger partial charge in [-0.15, -0.1) is 0 Å². The van der Waals surface area contributed by atoms with E-state index in [2.05, 4.69) is 10.6 Å². The first-order valence-electron chi connectivity index (χ1n) is 7.60. The van der Waals surface area contributed by atoms with Gasteiger partial charge in [0, 0.05) is 16.9 Å². The summed E-state index contributed by atoms with van der Waals surface area (Å²) in [5, 5.41) is 4.65. The highest BCUT2D eigenvalue weighted by atomic mass is 32.2. The Morgan fingerprint density at radius 3 is 1.63 bits per heavy atom. The zero-order chi connectivity index (χ0) is 20.0. The quantitative estimate of drug-likeness (QED) is 0.643. The van der Waals surface area contributed by atoms with Crippen LogP contribution in [-0.2, 0) is 19.4 Å². The number of amides is 3. The highest BCUT2D eigenvalue weighted by Gasteiger charge is 2.21. The van der Waals surface area contributed by atoms with Crippen molar-refractivity contribution in [2.24, 2.45) is 5.73 Å². The van der Waals surface area contributed by atoms with Gasteiger partial charge in [0.2, 0.25) is 17.7 Å². The van der Waals surface area contributed by atoms with Gasteiger partial charge in [0.05, 0.1) is 0 Å². The highest BCUT2D eigenvalue weighted by Crippen LogP contribution is 2.10. The van der Waals surface area contributed by atoms with E-state index in [1.807, 2.05) is 0 Å². The molecule has 0 fully saturated rings. The number of hydrogen-bond acceptors (Lipinski definition) is 5. The van der Waals surface area contributed by atoms with E-state index in [0.717, 1.165) is 12.1 Å². The summed E-state index contributed by atoms with van der Waals surface area (Å²) < 4.78 is 36.8. The number of hydrogen-bond donors (Lipinski definition) is 3. The van der Waals surface area contributed by atoms with Crippen molar-refractivity contribution in [1.29, 1.82) is 0 Å². The molecule has 0 bridgehead atoms. The summed E-state index contributed by atoms with van der Waals surface area (Å²) in [6.07, 6.45) is 0. The number of sulfone groups is 1. The maximum absolute atomic E-state index is 12.8. The first-order chi connectivity index (χ1) is 12.6. The van der Waals surface area contributed by atoms with E-state index in [1.54, 1.807) is 0 Å². The Hall–Kier alpha value is -3.27. The Morgan fingerprint density at radius 1 is 0.815 bits per heavy atom. The van der Waals surface area contributed by atoms with Crippen molar-refractivity contribution >= 4 is 38.9 Å². The van der Waals surface area contributed by atoms with Gasteiger partial charge < -0.3 is 16.4 Å². The van der Waals surface area contributed by atoms with Crippen molar-refractivity contribution in [1.82, 2.24) is 0 Å². The van der Waals surface area contributed by atoms with E-state index in [9.17, 15) is 27.2 Å². The van der Waals surface area contributed by atoms with Crippen molar-refractivity contribution in [3.8, 4) is 0 Å². The van der Waals surface area contributed by atoms with Crippen LogP contribution in [0.4, 0.5) is 15.8 Å². The number of primary amides is 1. The molecule has 0 aromatic heterocycles. The normalized spacial score (nSPS) is 10.9. The Kier molecular flexibility index (Phi) is 6.24. The maximum atomic E-state index is 12.8. The molecule has 10 heteroatoms. The zero-order valence-corrected chi connectivity index (χ0v) is 14.8. The van der Waals surface area contributed by atoms with Gasteiger partial charge in [-0.05, 0) is 48.5 Å². The van der Waals surface area contributed by atoms with Gasteiger partial charge in [-0.2, -0.15) is 0 Å². The molecule has 0 radical (unpaired) electrons. The average Bonchev–Trinajstić information content (AvgIpc) is 2.56. The van der Waals surface area contributed by atoms with Gasteiger partial charge in [-0.1, -0.05) is 0 Å². The largest absolute Gasteiger partial charge is 0.366 e. The molecule has 3 amide bonds. The number of halogens is 1. The lowest BCUT2D eigenvalue weighted by molar-refractivity contribution is -0.114. The molecule has 2 rings (SSSR count). The van der Waals surface area contributed by atoms with Crippen LogP contribution < -0.4 is 16.4 Å². The maximum Gasteiger partial charge on any atom is 0.248 e. The fourth-order valence-corrected chi connectivity index (χ4v) is 3.14. The van der Waals surface area contributed by atoms with Gasteiger partial charge in [-0.3, -0.25) is 14.4 Å². The van der Waals surface area contributed by atoms with Crippen LogP contribution >= 0.6 is 0 Å². The molecular formula is C17H16FN3O5S. The second kappa shape index (κ2) is 8.41. The summed E-state index contributed by atoms with van der Waals surface area (Å²) in [5.41, 5.74) is 5.84. The molecule has 0 heterocycles. The Morgan fingerprint density at radius 2 is 1.22 bits per heavy atom. The molecule has 142 valence electrons. The van der Waals surface area contributed by atoms with Gasteiger partial charge in [0.15, 0.2) is 9.84 Å². The minimum Gasteiger partial charge on any atom is -0.366 e. The molecule has 0 unspecified atom stereocenters. The summed E-state index contributed by atoms with van der Waals surface area (Å²) in [4.78, 5) is 34.6. The van der Waals surface area contributed by atoms with E-state index < -0.39 is 44.9 Å². The molecule has 0 spiro atoms. The molecule has 8 nitrogen and oxygen atoms in total. The number of nitrogens with two attached hydrogens (primary N) is 1. The van der Waals surface area contributed by atoms with Crippen molar-refractivity contribution in [2.75, 3.05) is 22.1 Å². The minimum absolute atomic E-state index is 0.232. The van der Waals surface area contributed by atoms with Crippen LogP contribution in [0.3, 0.4) is 0 Å². The number of carbonyl (C=O) groups excluding carboxylic acids is 3. The predicted molar refractivity (Wildman–Crippen MR) is 97.3 cm³/mol. The Balaban J connectivity index is 1.90. The molecule has 0 atom stereocenters. The van der Waals surface area contributed by atoms with Crippen LogP contribution in [0, 0.1) is 5.82 Å². The summed E-state index contributed by atoms with van der Waals surface area (Å²) in [6, 6.07) is 10.3. The summed E-state index contributed by atoms with van der Waals surface area (Å²) >= 11 is 0. The van der Waals surface area contributed by atoms with Gasteiger partial charge in [0.25, 0.3) is 0 Å². The van der Waals surface area contributed by atoms with Gasteiger partial charge in [-0.25, -0.2) is 12.8 Å². The molecule has 2 aromatic rings. The fourth-order valence-electron chi connectivity index (χ4n) is 2.10. The lowest BCUT2D eigenvalue weighted by Gasteiger charge is -2.08. The fraction of sp³-hybridized carbons (Fsp3) is 0.118. The highest BCUT2D eigenvalue weighted by molar-refractivity contribution is 7.92. The Bertz CT molecular complexity index is 957. The predicted octanol–water partition coefficient (Wildman–Crippen LogP) is 0.917. The van der Waals surface area contributed by atoms with Crippen molar-refractivity contribution in [3.05, 3.63) is 59.9 Å². The molecule has 0 saturated carbocycles. The summed E-state index contributed by atoms with van der Waals surface area (Å²) in [5.74, 6) is -4.62. The third-order valence-corrected chi connectivity index (χ3v) is 4.69. The lowest BCUT2D eigenvalue weighted by Crippen LogP contribution is -2.30. The third kappa shape index (κ3) is 6.51. The molecule has 27 heavy (non-hydrogen) atoms. The average molecular weight is 393 g/mol. The molecule has 0 aliphatic rings. The van der Waals surface area contributed by atoms with Crippen LogP contribution in [0.5, 0.6) is 0 Å². The smallest absolute Gasteiger partial charge is 0.248 e. The van der Waals surface area contributed by atoms with Crippen LogP contribution in [0.2, 0.25) is 0 Å². The summed E-state index contributed by atoms with van der Waals surface area (Å²) in [6.45, 7) is 0. The molecule has 0 aliphatic carbocycles. The van der Waals surface area contributed by atoms with Gasteiger partial charge in [0.1, 0.15) is 17.3 Å². The molecule has 0 saturated heterocycles. The first kappa shape index (κ1) is 20.0. The molecule has 2 aromatic carbocycles. The number of nitrogens with one attached hydrogen (secondary N) is 2. The van der Waals surface area contributed by atoms with Crippen LogP contribution in [0.15, 0.2) is 48.5 Å². The standard InChI is InChI=1S/C17H16FN3O5S/c18-12-3-7-14(8-4-12)21-16(23)10-27(25,26)9-15(22)20-13-5-1-11(2-6-13)17(19)24/h1-8H,9-10H2,(H2,19,24)(H,20,22)(H,21,23). The van der Waals surface area contributed by atoms with Crippen molar-refractivity contribution in [2.45, 2.75) is 0 Å². The van der Waals surface area contributed by atoms with Crippen molar-refractivity contribution in [3.63, 3.8) is 0 Å². The zero-order valence-electron chi connectivity index (χ0n) is 13.9. The number of carbonyl (C=O) groups is 3. The van der Waals surface area contributed by atoms with E-state index in [4.69, 9.17) is 5.73 Å². The lowest BCUT2D eigenvalue weighted by atomic mass is 10.2. The Labute approximate surface area is 154 Å². The minimum atomic E-state index is -4.02. The van der Waals surface area contributed by atoms with E-state index in [0.29, 0.717) is 0 Å². The van der Waals surface area contributed by atoms with E-state index in [-0.39, 0.29) is 16.9 Å². The first-order valence-corrected chi connectivity index (χ1v) is 9.42. The molecule has 0 aliphatic heterocycles. The van der Waals surface area contributed by atoms with E-state index in [1.165, 1.54) is 36.4 Å². The van der Waals surface area contributed by atoms with E-state index >= 15 is 0 Å². The molecular weight excluding hydrogens is 377 g/mol. The third-order valence-electron chi connectivity index (χ3n) is 3.28. The van der Waals surface area contributed by atoms with Crippen molar-refractivity contribution < 1.29 is 27.2 Å². The van der Waals surface area contributed by atoms with Crippen LogP contribution in [0.1, 0.15) is 10.4 Å². The molecule has 4 N–H and O–H groups in total. The SMILES string of the molecule is NC(=O)c1ccc(NC(=O)CS(=O)(=O)CC(=O)Nc2ccc(F)cc2)cc1.